The Morgan fingerprint density at radius 1 is 0.793 bits per heavy atom. The van der Waals surface area contributed by atoms with Gasteiger partial charge in [-0.1, -0.05) is 30.4 Å². The van der Waals surface area contributed by atoms with Crippen LogP contribution in [-0.4, -0.2) is 23.9 Å². The average Bonchev–Trinajstić information content (AvgIpc) is 2.57. The summed E-state index contributed by atoms with van der Waals surface area (Å²) in [4.78, 5) is 0. The molecule has 1 aliphatic rings. The normalized spacial score (nSPS) is 19.7. The summed E-state index contributed by atoms with van der Waals surface area (Å²) in [5, 5.41) is 9.21. The van der Waals surface area contributed by atoms with Crippen molar-refractivity contribution in [3.8, 4) is 6.07 Å². The summed E-state index contributed by atoms with van der Waals surface area (Å²) in [6, 6.07) is 5.22. The van der Waals surface area contributed by atoms with Gasteiger partial charge in [-0.15, -0.1) is 0 Å². The van der Waals surface area contributed by atoms with E-state index >= 15 is 4.39 Å². The third-order valence-corrected chi connectivity index (χ3v) is 5.50. The molecule has 1 unspecified atom stereocenters. The maximum Gasteiger partial charge on any atom is 0.457 e. The van der Waals surface area contributed by atoms with Crippen molar-refractivity contribution in [3.05, 3.63) is 61.1 Å². The number of hydrogen-bond acceptors (Lipinski definition) is 1. The minimum absolute atomic E-state index is 0.216. The van der Waals surface area contributed by atoms with Crippen LogP contribution in [0.5, 0.6) is 0 Å². The van der Waals surface area contributed by atoms with Crippen molar-refractivity contribution >= 4 is 45.2 Å². The van der Waals surface area contributed by atoms with E-state index in [2.05, 4.69) is 0 Å². The van der Waals surface area contributed by atoms with Crippen LogP contribution in [-0.2, 0) is 5.41 Å². The smallest absolute Gasteiger partial charge is 0.225 e. The minimum atomic E-state index is -6.87. The van der Waals surface area contributed by atoms with Crippen LogP contribution in [0.15, 0.2) is 43.6 Å². The first kappa shape index (κ1) is 24.3. The summed E-state index contributed by atoms with van der Waals surface area (Å²) in [7, 11) is 0. The monoisotopic (exact) mass is 650 g/mol. The molecule has 12 heteroatoms. The van der Waals surface area contributed by atoms with Gasteiger partial charge in [-0.05, 0) is 64.0 Å². The molecule has 1 aliphatic carbocycles. The lowest BCUT2D eigenvalue weighted by molar-refractivity contribution is -0.392. The fourth-order valence-corrected chi connectivity index (χ4v) is 5.29. The van der Waals surface area contributed by atoms with Gasteiger partial charge in [0.1, 0.15) is 0 Å². The Hall–Kier alpha value is -0.980. The molecule has 0 bridgehead atoms. The van der Waals surface area contributed by atoms with Crippen molar-refractivity contribution in [2.75, 3.05) is 0 Å². The summed E-state index contributed by atoms with van der Waals surface area (Å²) in [5.74, 6) is -6.85. The van der Waals surface area contributed by atoms with E-state index in [4.69, 9.17) is 0 Å². The van der Waals surface area contributed by atoms with E-state index in [1.54, 1.807) is 0 Å². The molecule has 1 aromatic carbocycles. The Morgan fingerprint density at radius 3 is 1.69 bits per heavy atom. The number of nitrogens with zero attached hydrogens (tertiary/aromatic N) is 1. The molecule has 1 atom stereocenters. The van der Waals surface area contributed by atoms with E-state index < -0.39 is 40.5 Å². The standard InChI is InChI=1S/C17H7F9I2N/c18-14(16(21,22)23,15(19,20)17(24,25)26)13(6-10(27)5-11(28)7-13)12-4-2-1-3-9(12)8-29/h1-7H. The highest BCUT2D eigenvalue weighted by molar-refractivity contribution is 14.1. The Bertz CT molecular complexity index is 891. The molecule has 0 saturated heterocycles. The third kappa shape index (κ3) is 3.66. The maximum absolute atomic E-state index is 15.6. The van der Waals surface area contributed by atoms with Crippen molar-refractivity contribution < 1.29 is 39.5 Å². The summed E-state index contributed by atoms with van der Waals surface area (Å²) in [5.41, 5.74) is -11.5. The van der Waals surface area contributed by atoms with Crippen LogP contribution < -0.4 is 0 Å². The Kier molecular flexibility index (Phi) is 6.38. The first-order valence-electron chi connectivity index (χ1n) is 7.36. The lowest BCUT2D eigenvalue weighted by atomic mass is 9.62. The predicted molar refractivity (Wildman–Crippen MR) is 102 cm³/mol. The molecular weight excluding hydrogens is 643 g/mol. The average molecular weight is 650 g/mol. The SMILES string of the molecule is N#Cc1ccccc1C1(C(F)(C(F)(F)F)C(F)(F)C(F)(F)F)C=C(I)[CH]C(I)=C1. The second kappa shape index (κ2) is 7.61. The summed E-state index contributed by atoms with van der Waals surface area (Å²) in [6.07, 6.45) is -11.7. The molecular formula is C17H7F9I2N. The first-order valence-corrected chi connectivity index (χ1v) is 9.52. The molecule has 0 aromatic heterocycles. The number of allylic oxidation sites excluding steroid dienone is 4. The van der Waals surface area contributed by atoms with E-state index in [0.29, 0.717) is 12.2 Å². The predicted octanol–water partition coefficient (Wildman–Crippen LogP) is 7.12. The van der Waals surface area contributed by atoms with E-state index in [0.717, 1.165) is 30.7 Å². The maximum atomic E-state index is 15.6. The summed E-state index contributed by atoms with van der Waals surface area (Å²) < 4.78 is 124. The van der Waals surface area contributed by atoms with E-state index in [1.807, 2.05) is 0 Å². The third-order valence-electron chi connectivity index (χ3n) is 4.25. The van der Waals surface area contributed by atoms with Crippen LogP contribution in [0.1, 0.15) is 11.1 Å². The topological polar surface area (TPSA) is 23.8 Å². The molecule has 0 N–H and O–H groups in total. The number of hydrogen-bond donors (Lipinski definition) is 0. The zero-order valence-electron chi connectivity index (χ0n) is 13.6. The minimum Gasteiger partial charge on any atom is -0.225 e. The molecule has 0 fully saturated rings. The lowest BCUT2D eigenvalue weighted by Gasteiger charge is -2.48. The van der Waals surface area contributed by atoms with Gasteiger partial charge in [0.25, 0.3) is 5.67 Å². The lowest BCUT2D eigenvalue weighted by Crippen LogP contribution is -2.71. The van der Waals surface area contributed by atoms with Gasteiger partial charge in [-0.25, -0.2) is 4.39 Å². The first-order chi connectivity index (χ1) is 13.0. The second-order valence-electron chi connectivity index (χ2n) is 5.96. The fraction of sp³-hybridized carbons (Fsp3) is 0.294. The zero-order chi connectivity index (χ0) is 22.5. The molecule has 157 valence electrons. The fourth-order valence-electron chi connectivity index (χ4n) is 3.04. The van der Waals surface area contributed by atoms with Crippen molar-refractivity contribution in [3.63, 3.8) is 0 Å². The van der Waals surface area contributed by atoms with Gasteiger partial charge >= 0.3 is 18.3 Å². The van der Waals surface area contributed by atoms with Gasteiger partial charge in [-0.3, -0.25) is 0 Å². The molecule has 0 heterocycles. The second-order valence-corrected chi connectivity index (χ2v) is 8.45. The highest BCUT2D eigenvalue weighted by Gasteiger charge is 2.87. The Labute approximate surface area is 185 Å². The highest BCUT2D eigenvalue weighted by Crippen LogP contribution is 2.63. The van der Waals surface area contributed by atoms with Crippen molar-refractivity contribution in [1.82, 2.24) is 0 Å². The van der Waals surface area contributed by atoms with Crippen molar-refractivity contribution in [2.45, 2.75) is 29.4 Å². The van der Waals surface area contributed by atoms with Gasteiger partial charge in [-0.2, -0.15) is 40.4 Å². The van der Waals surface area contributed by atoms with E-state index in [-0.39, 0.29) is 7.16 Å². The van der Waals surface area contributed by atoms with Gasteiger partial charge in [0.15, 0.2) is 0 Å². The summed E-state index contributed by atoms with van der Waals surface area (Å²) >= 11 is 2.76. The largest absolute Gasteiger partial charge is 0.457 e. The van der Waals surface area contributed by atoms with Crippen LogP contribution in [0.2, 0.25) is 0 Å². The van der Waals surface area contributed by atoms with Crippen molar-refractivity contribution in [1.29, 1.82) is 5.26 Å². The number of alkyl halides is 9. The molecule has 0 amide bonds. The Balaban J connectivity index is 3.13. The number of nitriles is 1. The van der Waals surface area contributed by atoms with Gasteiger partial charge in [0, 0.05) is 6.42 Å². The van der Waals surface area contributed by atoms with Gasteiger partial charge in [0.05, 0.1) is 17.0 Å². The number of halogens is 11. The van der Waals surface area contributed by atoms with Crippen LogP contribution in [0.3, 0.4) is 0 Å². The van der Waals surface area contributed by atoms with Crippen LogP contribution in [0.4, 0.5) is 39.5 Å². The molecule has 1 nitrogen and oxygen atoms in total. The quantitative estimate of drug-likeness (QED) is 0.253. The molecule has 0 aliphatic heterocycles. The van der Waals surface area contributed by atoms with Crippen LogP contribution in [0.25, 0.3) is 0 Å². The number of benzene rings is 1. The van der Waals surface area contributed by atoms with Crippen LogP contribution >= 0.6 is 45.2 Å². The van der Waals surface area contributed by atoms with E-state index in [1.165, 1.54) is 51.3 Å². The molecule has 29 heavy (non-hydrogen) atoms. The van der Waals surface area contributed by atoms with Crippen LogP contribution in [0, 0.1) is 17.8 Å². The zero-order valence-corrected chi connectivity index (χ0v) is 18.0. The molecule has 0 saturated carbocycles. The molecule has 1 aromatic rings. The Morgan fingerprint density at radius 2 is 1.28 bits per heavy atom. The highest BCUT2D eigenvalue weighted by atomic mass is 127. The van der Waals surface area contributed by atoms with Gasteiger partial charge < -0.3 is 0 Å². The molecule has 2 rings (SSSR count). The van der Waals surface area contributed by atoms with E-state index in [9.17, 15) is 40.4 Å². The number of rotatable bonds is 3. The van der Waals surface area contributed by atoms with Crippen molar-refractivity contribution in [2.24, 2.45) is 0 Å². The van der Waals surface area contributed by atoms with Gasteiger partial charge in [0.2, 0.25) is 0 Å². The summed E-state index contributed by atoms with van der Waals surface area (Å²) in [6.45, 7) is 0. The molecule has 1 radical (unpaired) electrons. The molecule has 0 spiro atoms.